The number of nitrogens with zero attached hydrogens (tertiary/aromatic N) is 3. The van der Waals surface area contributed by atoms with Gasteiger partial charge in [-0.3, -0.25) is 0 Å². The van der Waals surface area contributed by atoms with Crippen LogP contribution in [0, 0.1) is 32.1 Å². The number of benzene rings is 2. The number of nitriles is 1. The first-order valence-electron chi connectivity index (χ1n) is 13.6. The molecular weight excluding hydrogens is 579 g/mol. The molecule has 2 aromatic heterocycles. The van der Waals surface area contributed by atoms with Gasteiger partial charge in [0.2, 0.25) is 5.89 Å². The van der Waals surface area contributed by atoms with Crippen LogP contribution in [0.15, 0.2) is 58.0 Å². The van der Waals surface area contributed by atoms with E-state index in [2.05, 4.69) is 11.1 Å². The first-order valence-corrected chi connectivity index (χ1v) is 14.6. The molecule has 1 aliphatic heterocycles. The lowest BCUT2D eigenvalue weighted by Gasteiger charge is -2.17. The third kappa shape index (κ3) is 6.88. The van der Waals surface area contributed by atoms with Gasteiger partial charge in [0.15, 0.2) is 5.79 Å². The smallest absolute Gasteiger partial charge is 0.416 e. The second-order valence-corrected chi connectivity index (χ2v) is 11.6. The number of thioether (sulfide) groups is 1. The van der Waals surface area contributed by atoms with Crippen LogP contribution in [0.5, 0.6) is 5.75 Å². The molecule has 5 rings (SSSR count). The molecule has 4 aromatic rings. The molecule has 3 heterocycles. The summed E-state index contributed by atoms with van der Waals surface area (Å²) in [5, 5.41) is 10.8. The fraction of sp³-hybridized carbons (Fsp3) is 0.344. The van der Waals surface area contributed by atoms with Gasteiger partial charge in [0.25, 0.3) is 0 Å². The minimum atomic E-state index is -4.42. The van der Waals surface area contributed by atoms with Crippen molar-refractivity contribution >= 4 is 11.8 Å². The number of hydrogen-bond acceptors (Lipinski definition) is 8. The van der Waals surface area contributed by atoms with Crippen molar-refractivity contribution in [1.82, 2.24) is 9.97 Å². The zero-order valence-electron chi connectivity index (χ0n) is 24.3. The topological polar surface area (TPSA) is 90.4 Å². The van der Waals surface area contributed by atoms with Gasteiger partial charge in [0.05, 0.1) is 23.4 Å². The van der Waals surface area contributed by atoms with Crippen LogP contribution in [-0.2, 0) is 21.4 Å². The Morgan fingerprint density at radius 3 is 2.30 bits per heavy atom. The summed E-state index contributed by atoms with van der Waals surface area (Å²) < 4.78 is 61.9. The highest BCUT2D eigenvalue weighted by molar-refractivity contribution is 7.98. The molecule has 0 spiro atoms. The van der Waals surface area contributed by atoms with Crippen LogP contribution < -0.4 is 4.74 Å². The van der Waals surface area contributed by atoms with Crippen molar-refractivity contribution in [3.63, 3.8) is 0 Å². The number of rotatable bonds is 8. The molecule has 1 fully saturated rings. The van der Waals surface area contributed by atoms with Crippen molar-refractivity contribution in [2.45, 2.75) is 63.5 Å². The van der Waals surface area contributed by atoms with Crippen LogP contribution in [-0.4, -0.2) is 35.1 Å². The number of aromatic nitrogens is 2. The van der Waals surface area contributed by atoms with Crippen LogP contribution in [0.3, 0.4) is 0 Å². The number of hydrogen-bond donors (Lipinski definition) is 0. The average Bonchev–Trinajstić information content (AvgIpc) is 3.52. The lowest BCUT2D eigenvalue weighted by Crippen LogP contribution is -2.25. The maximum atomic E-state index is 12.9. The van der Waals surface area contributed by atoms with E-state index in [-0.39, 0.29) is 12.0 Å². The molecule has 1 saturated heterocycles. The summed E-state index contributed by atoms with van der Waals surface area (Å²) in [5.41, 5.74) is 4.11. The predicted octanol–water partition coefficient (Wildman–Crippen LogP) is 8.04. The molecule has 7 nitrogen and oxygen atoms in total. The number of aryl methyl sites for hydroxylation is 2. The molecule has 0 amide bonds. The zero-order chi connectivity index (χ0) is 30.9. The molecule has 0 radical (unpaired) electrons. The molecule has 1 atom stereocenters. The van der Waals surface area contributed by atoms with Crippen LogP contribution in [0.4, 0.5) is 13.2 Å². The summed E-state index contributed by atoms with van der Waals surface area (Å²) in [7, 11) is 0. The van der Waals surface area contributed by atoms with Crippen molar-refractivity contribution in [3.05, 3.63) is 82.4 Å². The third-order valence-electron chi connectivity index (χ3n) is 7.11. The lowest BCUT2D eigenvalue weighted by atomic mass is 9.96. The van der Waals surface area contributed by atoms with Gasteiger partial charge in [-0.2, -0.15) is 18.4 Å². The Kier molecular flexibility index (Phi) is 8.56. The highest BCUT2D eigenvalue weighted by atomic mass is 32.2. The van der Waals surface area contributed by atoms with Gasteiger partial charge in [-0.1, -0.05) is 23.9 Å². The minimum Gasteiger partial charge on any atom is -0.491 e. The standard InChI is InChI=1S/C32H30F3N3O4S/c1-18-19(2)37-30(43-17-27-20(3)41-29(38-27)22-6-10-23(11-7-22)32(33,34)35)26(14-36)28(18)21-8-12-24(13-9-21)39-15-25-16-40-31(4,5)42-25/h6-13,25H,15-17H2,1-5H3/t25-/m1/s1. The third-order valence-corrected chi connectivity index (χ3v) is 8.09. The second kappa shape index (κ2) is 12.0. The largest absolute Gasteiger partial charge is 0.491 e. The maximum absolute atomic E-state index is 12.9. The van der Waals surface area contributed by atoms with Gasteiger partial charge < -0.3 is 18.6 Å². The van der Waals surface area contributed by atoms with Crippen molar-refractivity contribution in [2.75, 3.05) is 13.2 Å². The van der Waals surface area contributed by atoms with E-state index in [4.69, 9.17) is 23.6 Å². The van der Waals surface area contributed by atoms with E-state index >= 15 is 0 Å². The lowest BCUT2D eigenvalue weighted by molar-refractivity contribution is -0.141. The predicted molar refractivity (Wildman–Crippen MR) is 155 cm³/mol. The van der Waals surface area contributed by atoms with Crippen molar-refractivity contribution in [1.29, 1.82) is 5.26 Å². The summed E-state index contributed by atoms with van der Waals surface area (Å²) in [4.78, 5) is 9.22. The van der Waals surface area contributed by atoms with Gasteiger partial charge >= 0.3 is 6.18 Å². The Balaban J connectivity index is 1.33. The van der Waals surface area contributed by atoms with E-state index in [0.717, 1.165) is 34.5 Å². The Bertz CT molecular complexity index is 1660. The molecule has 43 heavy (non-hydrogen) atoms. The van der Waals surface area contributed by atoms with E-state index in [1.54, 1.807) is 6.92 Å². The Morgan fingerprint density at radius 2 is 1.70 bits per heavy atom. The normalized spacial score (nSPS) is 16.3. The van der Waals surface area contributed by atoms with Gasteiger partial charge in [-0.15, -0.1) is 0 Å². The summed E-state index contributed by atoms with van der Waals surface area (Å²) in [6, 6.07) is 14.6. The van der Waals surface area contributed by atoms with E-state index in [1.807, 2.05) is 52.0 Å². The number of halogens is 3. The van der Waals surface area contributed by atoms with Gasteiger partial charge in [-0.25, -0.2) is 9.97 Å². The van der Waals surface area contributed by atoms with Gasteiger partial charge in [-0.05, 0) is 82.1 Å². The number of oxazole rings is 1. The molecular formula is C32H30F3N3O4S. The molecule has 224 valence electrons. The van der Waals surface area contributed by atoms with Crippen LogP contribution in [0.25, 0.3) is 22.6 Å². The summed E-state index contributed by atoms with van der Waals surface area (Å²) >= 11 is 1.35. The van der Waals surface area contributed by atoms with Gasteiger partial charge in [0, 0.05) is 22.6 Å². The quantitative estimate of drug-likeness (QED) is 0.185. The molecule has 0 bridgehead atoms. The molecule has 0 aliphatic carbocycles. The maximum Gasteiger partial charge on any atom is 0.416 e. The summed E-state index contributed by atoms with van der Waals surface area (Å²) in [5.74, 6) is 1.20. The number of alkyl halides is 3. The summed E-state index contributed by atoms with van der Waals surface area (Å²) in [6.45, 7) is 10.2. The highest BCUT2D eigenvalue weighted by Gasteiger charge is 2.33. The summed E-state index contributed by atoms with van der Waals surface area (Å²) in [6.07, 6.45) is -4.57. The fourth-order valence-corrected chi connectivity index (χ4v) is 5.75. The highest BCUT2D eigenvalue weighted by Crippen LogP contribution is 2.37. The Morgan fingerprint density at radius 1 is 1.02 bits per heavy atom. The molecule has 2 aromatic carbocycles. The van der Waals surface area contributed by atoms with E-state index in [9.17, 15) is 18.4 Å². The zero-order valence-corrected chi connectivity index (χ0v) is 25.2. The molecule has 0 unspecified atom stereocenters. The fourth-order valence-electron chi connectivity index (χ4n) is 4.71. The van der Waals surface area contributed by atoms with Crippen LogP contribution >= 0.6 is 11.8 Å². The first-order chi connectivity index (χ1) is 20.3. The Labute approximate surface area is 252 Å². The molecule has 0 N–H and O–H groups in total. The SMILES string of the molecule is Cc1nc(SCc2nc(-c3ccc(C(F)(F)F)cc3)oc2C)c(C#N)c(-c2ccc(OC[C@@H]3COC(C)(C)O3)cc2)c1C. The minimum absolute atomic E-state index is 0.149. The number of ether oxygens (including phenoxy) is 3. The first kappa shape index (κ1) is 30.6. The van der Waals surface area contributed by atoms with E-state index < -0.39 is 17.5 Å². The average molecular weight is 610 g/mol. The Hall–Kier alpha value is -3.85. The van der Waals surface area contributed by atoms with Crippen LogP contribution in [0.1, 0.15) is 47.7 Å². The van der Waals surface area contributed by atoms with Gasteiger partial charge in [0.1, 0.15) is 35.3 Å². The number of pyridine rings is 1. The van der Waals surface area contributed by atoms with Crippen LogP contribution in [0.2, 0.25) is 0 Å². The van der Waals surface area contributed by atoms with E-state index in [0.29, 0.717) is 52.3 Å². The van der Waals surface area contributed by atoms with E-state index in [1.165, 1.54) is 23.9 Å². The molecule has 0 saturated carbocycles. The van der Waals surface area contributed by atoms with Crippen molar-refractivity contribution < 1.29 is 31.8 Å². The monoisotopic (exact) mass is 609 g/mol. The molecule has 1 aliphatic rings. The molecule has 11 heteroatoms. The van der Waals surface area contributed by atoms with Crippen molar-refractivity contribution in [3.8, 4) is 34.4 Å². The van der Waals surface area contributed by atoms with Crippen molar-refractivity contribution in [2.24, 2.45) is 0 Å². The second-order valence-electron chi connectivity index (χ2n) is 10.7.